The fraction of sp³-hybridized carbons (Fsp3) is 0.0870. The Morgan fingerprint density at radius 2 is 1.63 bits per heavy atom. The average molecular weight is 421 g/mol. The van der Waals surface area contributed by atoms with Crippen LogP contribution in [0.2, 0.25) is 0 Å². The van der Waals surface area contributed by atoms with Crippen LogP contribution in [0.5, 0.6) is 0 Å². The van der Waals surface area contributed by atoms with Gasteiger partial charge in [-0.1, -0.05) is 35.9 Å². The molecule has 0 unspecified atom stereocenters. The highest BCUT2D eigenvalue weighted by molar-refractivity contribution is 7.87. The third-order valence-electron chi connectivity index (χ3n) is 4.51. The standard InChI is InChI=1S/C23H19NO5S/c1-16-7-11-21(12-8-16)30(26,27)29-24-19(13-17(2)14-23(24)25)9-10-20-15-18-5-3-4-6-22(18)28-20/h3-15H,1-2H3. The predicted molar refractivity (Wildman–Crippen MR) is 116 cm³/mol. The van der Waals surface area contributed by atoms with Crippen molar-refractivity contribution in [2.45, 2.75) is 18.7 Å². The first kappa shape index (κ1) is 19.7. The van der Waals surface area contributed by atoms with Crippen LogP contribution in [0.25, 0.3) is 23.1 Å². The predicted octanol–water partition coefficient (Wildman–Crippen LogP) is 4.20. The summed E-state index contributed by atoms with van der Waals surface area (Å²) in [6, 6.07) is 18.6. The molecule has 0 aliphatic heterocycles. The lowest BCUT2D eigenvalue weighted by Crippen LogP contribution is -2.32. The van der Waals surface area contributed by atoms with Crippen LogP contribution < -0.4 is 9.84 Å². The monoisotopic (exact) mass is 421 g/mol. The molecule has 4 rings (SSSR count). The number of nitrogens with zero attached hydrogens (tertiary/aromatic N) is 1. The van der Waals surface area contributed by atoms with Crippen LogP contribution in [0.15, 0.2) is 80.8 Å². The van der Waals surface area contributed by atoms with E-state index in [4.69, 9.17) is 8.70 Å². The number of para-hydroxylation sites is 1. The molecule has 2 aromatic carbocycles. The Bertz CT molecular complexity index is 1380. The molecule has 152 valence electrons. The van der Waals surface area contributed by atoms with E-state index >= 15 is 0 Å². The van der Waals surface area contributed by atoms with Crippen LogP contribution >= 0.6 is 0 Å². The summed E-state index contributed by atoms with van der Waals surface area (Å²) in [5.41, 5.74) is 2.01. The van der Waals surface area contributed by atoms with Crippen LogP contribution in [0.1, 0.15) is 22.6 Å². The lowest BCUT2D eigenvalue weighted by atomic mass is 10.2. The van der Waals surface area contributed by atoms with Gasteiger partial charge in [-0.25, -0.2) is 0 Å². The molecule has 30 heavy (non-hydrogen) atoms. The van der Waals surface area contributed by atoms with Crippen molar-refractivity contribution in [3.8, 4) is 0 Å². The van der Waals surface area contributed by atoms with Crippen molar-refractivity contribution < 1.29 is 17.1 Å². The number of pyridine rings is 1. The van der Waals surface area contributed by atoms with E-state index in [0.29, 0.717) is 11.3 Å². The molecular weight excluding hydrogens is 402 g/mol. The largest absolute Gasteiger partial charge is 0.457 e. The Morgan fingerprint density at radius 3 is 2.37 bits per heavy atom. The molecule has 2 aromatic heterocycles. The number of aromatic nitrogens is 1. The molecule has 0 amide bonds. The van der Waals surface area contributed by atoms with E-state index in [0.717, 1.165) is 21.3 Å². The topological polar surface area (TPSA) is 78.5 Å². The molecule has 0 aliphatic rings. The maximum absolute atomic E-state index is 12.7. The molecule has 7 heteroatoms. The highest BCUT2D eigenvalue weighted by atomic mass is 32.2. The van der Waals surface area contributed by atoms with E-state index in [-0.39, 0.29) is 10.6 Å². The highest BCUT2D eigenvalue weighted by Gasteiger charge is 2.19. The minimum Gasteiger partial charge on any atom is -0.457 e. The molecule has 4 aromatic rings. The first-order chi connectivity index (χ1) is 14.3. The molecule has 0 aliphatic carbocycles. The summed E-state index contributed by atoms with van der Waals surface area (Å²) < 4.78 is 37.0. The Balaban J connectivity index is 1.72. The Morgan fingerprint density at radius 1 is 0.900 bits per heavy atom. The second-order valence-corrected chi connectivity index (χ2v) is 8.48. The second-order valence-electron chi connectivity index (χ2n) is 6.95. The number of hydrogen-bond donors (Lipinski definition) is 0. The third-order valence-corrected chi connectivity index (χ3v) is 5.70. The van der Waals surface area contributed by atoms with Gasteiger partial charge in [0, 0.05) is 11.5 Å². The van der Waals surface area contributed by atoms with Crippen molar-refractivity contribution in [2.24, 2.45) is 0 Å². The van der Waals surface area contributed by atoms with E-state index in [1.807, 2.05) is 37.3 Å². The van der Waals surface area contributed by atoms with E-state index in [9.17, 15) is 13.2 Å². The quantitative estimate of drug-likeness (QED) is 0.483. The maximum Gasteiger partial charge on any atom is 0.357 e. The number of hydrogen-bond acceptors (Lipinski definition) is 5. The lowest BCUT2D eigenvalue weighted by Gasteiger charge is -2.12. The Kier molecular flexibility index (Phi) is 5.05. The SMILES string of the molecule is Cc1ccc(S(=O)(=O)On2c(C=Cc3cc4ccccc4o3)cc(C)cc2=O)cc1. The van der Waals surface area contributed by atoms with Gasteiger partial charge in [-0.15, -0.1) is 4.73 Å². The first-order valence-electron chi connectivity index (χ1n) is 9.24. The fourth-order valence-corrected chi connectivity index (χ4v) is 3.92. The van der Waals surface area contributed by atoms with Crippen LogP contribution in [0, 0.1) is 13.8 Å². The van der Waals surface area contributed by atoms with Crippen molar-refractivity contribution in [1.29, 1.82) is 0 Å². The van der Waals surface area contributed by atoms with Gasteiger partial charge in [-0.3, -0.25) is 9.08 Å². The summed E-state index contributed by atoms with van der Waals surface area (Å²) in [6.45, 7) is 3.60. The molecule has 2 heterocycles. The number of aryl methyl sites for hydroxylation is 2. The first-order valence-corrected chi connectivity index (χ1v) is 10.6. The smallest absolute Gasteiger partial charge is 0.357 e. The van der Waals surface area contributed by atoms with Gasteiger partial charge in [0.05, 0.1) is 5.69 Å². The Labute approximate surface area is 173 Å². The summed E-state index contributed by atoms with van der Waals surface area (Å²) in [6.07, 6.45) is 3.24. The molecule has 0 radical (unpaired) electrons. The number of fused-ring (bicyclic) bond motifs is 1. The molecule has 0 saturated heterocycles. The van der Waals surface area contributed by atoms with Crippen molar-refractivity contribution in [2.75, 3.05) is 0 Å². The molecule has 0 spiro atoms. The number of rotatable bonds is 5. The zero-order chi connectivity index (χ0) is 21.3. The van der Waals surface area contributed by atoms with Gasteiger partial charge in [0.25, 0.3) is 5.56 Å². The molecule has 0 bridgehead atoms. The van der Waals surface area contributed by atoms with Crippen LogP contribution in [0.3, 0.4) is 0 Å². The van der Waals surface area contributed by atoms with Gasteiger partial charge in [0.1, 0.15) is 16.2 Å². The molecule has 0 atom stereocenters. The third kappa shape index (κ3) is 4.06. The number of benzene rings is 2. The van der Waals surface area contributed by atoms with Gasteiger partial charge < -0.3 is 4.42 Å². The normalized spacial score (nSPS) is 11.9. The minimum atomic E-state index is -4.19. The van der Waals surface area contributed by atoms with Gasteiger partial charge in [-0.05, 0) is 61.9 Å². The molecule has 0 N–H and O–H groups in total. The molecular formula is C23H19NO5S. The maximum atomic E-state index is 12.7. The van der Waals surface area contributed by atoms with Gasteiger partial charge in [0.15, 0.2) is 0 Å². The Hall–Kier alpha value is -3.58. The summed E-state index contributed by atoms with van der Waals surface area (Å²) >= 11 is 0. The zero-order valence-corrected chi connectivity index (χ0v) is 17.2. The summed E-state index contributed by atoms with van der Waals surface area (Å²) in [5.74, 6) is 0.568. The second kappa shape index (κ2) is 7.68. The van der Waals surface area contributed by atoms with E-state index < -0.39 is 15.7 Å². The van der Waals surface area contributed by atoms with E-state index in [1.165, 1.54) is 18.2 Å². The van der Waals surface area contributed by atoms with Gasteiger partial charge >= 0.3 is 10.1 Å². The van der Waals surface area contributed by atoms with Crippen LogP contribution in [-0.2, 0) is 10.1 Å². The summed E-state index contributed by atoms with van der Waals surface area (Å²) in [5, 5.41) is 0.942. The molecule has 0 saturated carbocycles. The van der Waals surface area contributed by atoms with Crippen LogP contribution in [-0.4, -0.2) is 13.1 Å². The van der Waals surface area contributed by atoms with Gasteiger partial charge in [-0.2, -0.15) is 8.42 Å². The summed E-state index contributed by atoms with van der Waals surface area (Å²) in [7, 11) is -4.19. The van der Waals surface area contributed by atoms with E-state index in [2.05, 4.69) is 0 Å². The van der Waals surface area contributed by atoms with E-state index in [1.54, 1.807) is 37.3 Å². The van der Waals surface area contributed by atoms with Crippen molar-refractivity contribution >= 4 is 33.2 Å². The minimum absolute atomic E-state index is 0.0345. The average Bonchev–Trinajstić information content (AvgIpc) is 3.12. The number of furan rings is 1. The summed E-state index contributed by atoms with van der Waals surface area (Å²) in [4.78, 5) is 12.5. The fourth-order valence-electron chi connectivity index (χ4n) is 3.01. The van der Waals surface area contributed by atoms with Crippen molar-refractivity contribution in [3.63, 3.8) is 0 Å². The highest BCUT2D eigenvalue weighted by Crippen LogP contribution is 2.21. The van der Waals surface area contributed by atoms with Gasteiger partial charge in [0.2, 0.25) is 0 Å². The van der Waals surface area contributed by atoms with Crippen LogP contribution in [0.4, 0.5) is 0 Å². The molecule has 0 fully saturated rings. The van der Waals surface area contributed by atoms with Crippen molar-refractivity contribution in [3.05, 3.63) is 99.7 Å². The zero-order valence-electron chi connectivity index (χ0n) is 16.4. The van der Waals surface area contributed by atoms with Crippen molar-refractivity contribution in [1.82, 2.24) is 4.73 Å². The molecule has 6 nitrogen and oxygen atoms in total. The lowest BCUT2D eigenvalue weighted by molar-refractivity contribution is 0.264.